The van der Waals surface area contributed by atoms with E-state index >= 15 is 0 Å². The van der Waals surface area contributed by atoms with Gasteiger partial charge in [0.25, 0.3) is 0 Å². The lowest BCUT2D eigenvalue weighted by atomic mass is 9.85. The van der Waals surface area contributed by atoms with Gasteiger partial charge in [0.2, 0.25) is 0 Å². The molecule has 2 N–H and O–H groups in total. The van der Waals surface area contributed by atoms with E-state index in [4.69, 9.17) is 4.74 Å². The van der Waals surface area contributed by atoms with Gasteiger partial charge < -0.3 is 19.6 Å². The number of rotatable bonds is 8. The number of hydrogen-bond donors (Lipinski definition) is 2. The number of ether oxygens (including phenoxy) is 1. The number of pyridine rings is 1. The van der Waals surface area contributed by atoms with Crippen LogP contribution in [-0.2, 0) is 20.0 Å². The Labute approximate surface area is 205 Å². The third-order valence-corrected chi connectivity index (χ3v) is 6.37. The zero-order valence-corrected chi connectivity index (χ0v) is 21.3. The molecule has 0 aliphatic rings. The number of imidazole rings is 1. The van der Waals surface area contributed by atoms with E-state index in [1.54, 1.807) is 10.7 Å². The Hall–Kier alpha value is -3.23. The summed E-state index contributed by atoms with van der Waals surface area (Å²) >= 11 is 0. The van der Waals surface area contributed by atoms with Crippen molar-refractivity contribution in [2.75, 3.05) is 13.7 Å². The molecule has 8 heteroatoms. The molecule has 186 valence electrons. The zero-order chi connectivity index (χ0) is 25.3. The molecule has 1 atom stereocenters. The maximum absolute atomic E-state index is 14.2. The average molecular weight is 480 g/mol. The topological polar surface area (TPSA) is 76.6 Å². The molecule has 0 saturated heterocycles. The van der Waals surface area contributed by atoms with Crippen molar-refractivity contribution in [1.29, 1.82) is 0 Å². The van der Waals surface area contributed by atoms with Gasteiger partial charge in [0, 0.05) is 54.7 Å². The normalized spacial score (nSPS) is 12.9. The predicted molar refractivity (Wildman–Crippen MR) is 135 cm³/mol. The first-order valence-corrected chi connectivity index (χ1v) is 11.8. The predicted octanol–water partition coefficient (Wildman–Crippen LogP) is 4.60. The number of nitrogens with one attached hydrogen (secondary N) is 1. The Balaban J connectivity index is 1.61. The maximum atomic E-state index is 14.2. The summed E-state index contributed by atoms with van der Waals surface area (Å²) in [6, 6.07) is 8.51. The molecule has 3 heterocycles. The Morgan fingerprint density at radius 3 is 2.69 bits per heavy atom. The highest BCUT2D eigenvalue weighted by molar-refractivity contribution is 5.71. The number of fused-ring (bicyclic) bond motifs is 1. The van der Waals surface area contributed by atoms with Crippen LogP contribution in [0.15, 0.2) is 42.7 Å². The standard InChI is InChI=1S/C27H34FN5O2/c1-17-21(25(31-32(17)6)26(34)27(2,3)4)11-12-35-23-13-19(28)8-9-22(23)18-7-10-24-30-15-20(14-29-5)33(24)16-18/h7-10,13,15-16,26,29,34H,11-12,14H2,1-6H3. The van der Waals surface area contributed by atoms with Crippen LogP contribution in [0.4, 0.5) is 4.39 Å². The molecule has 1 aromatic carbocycles. The molecule has 4 rings (SSSR count). The summed E-state index contributed by atoms with van der Waals surface area (Å²) in [5.74, 6) is 0.115. The number of aliphatic hydroxyl groups excluding tert-OH is 1. The zero-order valence-electron chi connectivity index (χ0n) is 21.3. The summed E-state index contributed by atoms with van der Waals surface area (Å²) in [5, 5.41) is 18.6. The Bertz CT molecular complexity index is 1340. The molecule has 0 spiro atoms. The van der Waals surface area contributed by atoms with E-state index in [9.17, 15) is 9.50 Å². The van der Waals surface area contributed by atoms with E-state index in [0.717, 1.165) is 33.7 Å². The second-order valence-electron chi connectivity index (χ2n) is 10.0. The van der Waals surface area contributed by atoms with E-state index in [2.05, 4.69) is 15.4 Å². The van der Waals surface area contributed by atoms with Gasteiger partial charge in [-0.2, -0.15) is 5.10 Å². The van der Waals surface area contributed by atoms with Crippen LogP contribution in [0.2, 0.25) is 0 Å². The van der Waals surface area contributed by atoms with Gasteiger partial charge in [-0.15, -0.1) is 0 Å². The maximum Gasteiger partial charge on any atom is 0.136 e. The van der Waals surface area contributed by atoms with Gasteiger partial charge in [0.1, 0.15) is 23.3 Å². The molecule has 0 amide bonds. The van der Waals surface area contributed by atoms with Crippen molar-refractivity contribution in [3.8, 4) is 16.9 Å². The fourth-order valence-corrected chi connectivity index (χ4v) is 4.24. The van der Waals surface area contributed by atoms with Gasteiger partial charge in [0.15, 0.2) is 0 Å². The molecule has 0 saturated carbocycles. The highest BCUT2D eigenvalue weighted by Gasteiger charge is 2.29. The molecule has 0 bridgehead atoms. The van der Waals surface area contributed by atoms with Gasteiger partial charge in [-0.05, 0) is 43.7 Å². The highest BCUT2D eigenvalue weighted by Crippen LogP contribution is 2.35. The van der Waals surface area contributed by atoms with Crippen LogP contribution in [0.3, 0.4) is 0 Å². The van der Waals surface area contributed by atoms with Crippen molar-refractivity contribution >= 4 is 5.65 Å². The van der Waals surface area contributed by atoms with Gasteiger partial charge in [-0.3, -0.25) is 4.68 Å². The summed E-state index contributed by atoms with van der Waals surface area (Å²) in [6.45, 7) is 8.95. The quantitative estimate of drug-likeness (QED) is 0.386. The minimum atomic E-state index is -0.698. The van der Waals surface area contributed by atoms with Crippen molar-refractivity contribution in [3.05, 3.63) is 71.2 Å². The van der Waals surface area contributed by atoms with Gasteiger partial charge in [-0.1, -0.05) is 20.8 Å². The van der Waals surface area contributed by atoms with Crippen LogP contribution < -0.4 is 10.1 Å². The lowest BCUT2D eigenvalue weighted by Gasteiger charge is -2.25. The summed E-state index contributed by atoms with van der Waals surface area (Å²) in [5.41, 5.74) is 5.86. The van der Waals surface area contributed by atoms with Gasteiger partial charge in [0.05, 0.1) is 24.2 Å². The first kappa shape index (κ1) is 24.9. The van der Waals surface area contributed by atoms with Gasteiger partial charge >= 0.3 is 0 Å². The van der Waals surface area contributed by atoms with Crippen molar-refractivity contribution in [2.24, 2.45) is 12.5 Å². The van der Waals surface area contributed by atoms with Crippen molar-refractivity contribution < 1.29 is 14.2 Å². The second-order valence-corrected chi connectivity index (χ2v) is 10.0. The van der Waals surface area contributed by atoms with Crippen molar-refractivity contribution in [2.45, 2.75) is 46.8 Å². The van der Waals surface area contributed by atoms with Crippen molar-refractivity contribution in [1.82, 2.24) is 24.5 Å². The lowest BCUT2D eigenvalue weighted by molar-refractivity contribution is 0.0575. The van der Waals surface area contributed by atoms with Crippen molar-refractivity contribution in [3.63, 3.8) is 0 Å². The van der Waals surface area contributed by atoms with Crippen LogP contribution in [0.5, 0.6) is 5.75 Å². The monoisotopic (exact) mass is 479 g/mol. The number of benzene rings is 1. The number of nitrogens with zero attached hydrogens (tertiary/aromatic N) is 4. The second kappa shape index (κ2) is 9.79. The molecule has 0 fully saturated rings. The lowest BCUT2D eigenvalue weighted by Crippen LogP contribution is -2.20. The largest absolute Gasteiger partial charge is 0.492 e. The molecule has 0 aliphatic carbocycles. The molecule has 3 aromatic heterocycles. The summed E-state index contributed by atoms with van der Waals surface area (Å²) < 4.78 is 24.2. The van der Waals surface area contributed by atoms with Crippen LogP contribution in [0.25, 0.3) is 16.8 Å². The average Bonchev–Trinajstić information content (AvgIpc) is 3.33. The Morgan fingerprint density at radius 2 is 1.97 bits per heavy atom. The SMILES string of the molecule is CNCc1cnc2ccc(-c3ccc(F)cc3OCCc3c(C(O)C(C)(C)C)nn(C)c3C)cn12. The number of aliphatic hydroxyl groups is 1. The fraction of sp³-hybridized carbons (Fsp3) is 0.407. The van der Waals surface area contributed by atoms with E-state index in [1.807, 2.05) is 70.7 Å². The minimum absolute atomic E-state index is 0.325. The van der Waals surface area contributed by atoms with E-state index in [0.29, 0.717) is 31.0 Å². The molecular weight excluding hydrogens is 445 g/mol. The van der Waals surface area contributed by atoms with E-state index in [1.165, 1.54) is 12.1 Å². The molecular formula is C27H34FN5O2. The van der Waals surface area contributed by atoms with E-state index in [-0.39, 0.29) is 11.2 Å². The van der Waals surface area contributed by atoms with Crippen LogP contribution in [0.1, 0.15) is 49.5 Å². The number of aromatic nitrogens is 4. The smallest absolute Gasteiger partial charge is 0.136 e. The summed E-state index contributed by atoms with van der Waals surface area (Å²) in [6.07, 6.45) is 3.69. The third kappa shape index (κ3) is 5.09. The molecule has 7 nitrogen and oxygen atoms in total. The Kier molecular flexibility index (Phi) is 6.96. The van der Waals surface area contributed by atoms with E-state index < -0.39 is 6.10 Å². The minimum Gasteiger partial charge on any atom is -0.492 e. The van der Waals surface area contributed by atoms with Crippen LogP contribution in [0, 0.1) is 18.2 Å². The van der Waals surface area contributed by atoms with Crippen LogP contribution >= 0.6 is 0 Å². The Morgan fingerprint density at radius 1 is 1.20 bits per heavy atom. The summed E-state index contributed by atoms with van der Waals surface area (Å²) in [4.78, 5) is 4.44. The number of halogens is 1. The summed E-state index contributed by atoms with van der Waals surface area (Å²) in [7, 11) is 3.77. The first-order chi connectivity index (χ1) is 16.6. The first-order valence-electron chi connectivity index (χ1n) is 11.8. The molecule has 0 radical (unpaired) electrons. The van der Waals surface area contributed by atoms with Gasteiger partial charge in [-0.25, -0.2) is 9.37 Å². The molecule has 4 aromatic rings. The molecule has 1 unspecified atom stereocenters. The fourth-order valence-electron chi connectivity index (χ4n) is 4.24. The number of aryl methyl sites for hydroxylation is 1. The third-order valence-electron chi connectivity index (χ3n) is 6.37. The molecule has 0 aliphatic heterocycles. The highest BCUT2D eigenvalue weighted by atomic mass is 19.1. The molecule has 35 heavy (non-hydrogen) atoms. The number of hydrogen-bond acceptors (Lipinski definition) is 5. The van der Waals surface area contributed by atoms with Crippen LogP contribution in [-0.4, -0.2) is 37.9 Å².